The normalized spacial score (nSPS) is 18.9. The number of allylic oxidation sites excluding steroid dienone is 6. The molecule has 2 N–H and O–H groups in total. The second-order valence-corrected chi connectivity index (χ2v) is 9.16. The first-order valence-corrected chi connectivity index (χ1v) is 13.6. The number of aliphatic carboxylic acids is 1. The standard InChI is InChI=1S/C31H39FN6O3/c1-4-6-11-26(12-10-14-32)23-36-27(5-2)28(34-15-9-7-8-13-30(39)40)22-25(3)31(41)38-20-18-37(19-21-38)29-24-33-16-17-35-29/h5,10-12,15-17,22-24,29,35H,2,7-9,13-14,18-21H2,1,3H3,(H,39,40)/b12-10-,25-22+,26-11+,28-27-,34-15?,36-23+. The highest BCUT2D eigenvalue weighted by atomic mass is 19.1. The number of halogens is 1. The Kier molecular flexibility index (Phi) is 15.1. The Morgan fingerprint density at radius 1 is 1.22 bits per heavy atom. The lowest BCUT2D eigenvalue weighted by Crippen LogP contribution is -2.56. The molecule has 2 aliphatic rings. The largest absolute Gasteiger partial charge is 0.481 e. The Labute approximate surface area is 242 Å². The number of amides is 1. The Bertz CT molecular complexity index is 1220. The number of carbonyl (C=O) groups excluding carboxylic acids is 1. The highest BCUT2D eigenvalue weighted by Gasteiger charge is 2.26. The van der Waals surface area contributed by atoms with Crippen molar-refractivity contribution in [3.63, 3.8) is 0 Å². The van der Waals surface area contributed by atoms with Crippen molar-refractivity contribution in [3.05, 3.63) is 71.9 Å². The van der Waals surface area contributed by atoms with Crippen molar-refractivity contribution in [2.45, 2.75) is 45.7 Å². The van der Waals surface area contributed by atoms with Gasteiger partial charge in [0.15, 0.2) is 0 Å². The number of aliphatic imine (C=N–C) groups is 3. The predicted molar refractivity (Wildman–Crippen MR) is 163 cm³/mol. The van der Waals surface area contributed by atoms with Crippen LogP contribution in [0.3, 0.4) is 0 Å². The van der Waals surface area contributed by atoms with Gasteiger partial charge in [0.25, 0.3) is 0 Å². The van der Waals surface area contributed by atoms with Crippen LogP contribution >= 0.6 is 0 Å². The molecule has 0 aromatic rings. The molecule has 1 atom stereocenters. The molecule has 1 fully saturated rings. The number of unbranched alkanes of at least 4 members (excludes halogenated alkanes) is 2. The Hall–Kier alpha value is -4.36. The maximum Gasteiger partial charge on any atom is 0.303 e. The molecule has 2 aliphatic heterocycles. The van der Waals surface area contributed by atoms with Gasteiger partial charge in [-0.1, -0.05) is 24.7 Å². The van der Waals surface area contributed by atoms with E-state index in [1.807, 2.05) is 17.3 Å². The summed E-state index contributed by atoms with van der Waals surface area (Å²) in [6.45, 7) is 9.26. The van der Waals surface area contributed by atoms with Crippen LogP contribution < -0.4 is 5.32 Å². The van der Waals surface area contributed by atoms with Crippen LogP contribution in [0.5, 0.6) is 0 Å². The van der Waals surface area contributed by atoms with Crippen LogP contribution in [-0.4, -0.2) is 84.4 Å². The second kappa shape index (κ2) is 18.8. The molecule has 2 rings (SSSR count). The lowest BCUT2D eigenvalue weighted by molar-refractivity contribution is -0.137. The third-order valence-corrected chi connectivity index (χ3v) is 6.14. The third kappa shape index (κ3) is 12.1. The lowest BCUT2D eigenvalue weighted by Gasteiger charge is -2.38. The maximum absolute atomic E-state index is 13.3. The van der Waals surface area contributed by atoms with Crippen molar-refractivity contribution in [1.82, 2.24) is 15.1 Å². The number of rotatable bonds is 14. The van der Waals surface area contributed by atoms with Gasteiger partial charge in [-0.2, -0.15) is 0 Å². The molecule has 0 aromatic heterocycles. The SMILES string of the molecule is C=CC(/N=C/C(/C=C\CF)=C/C#CC)=C(\C=C(/C)C(=O)N1CCN(C2C=NC=CN2)CC1)N=CCCCCC(=O)O. The van der Waals surface area contributed by atoms with E-state index in [1.165, 1.54) is 18.4 Å². The summed E-state index contributed by atoms with van der Waals surface area (Å²) in [6.07, 6.45) is 18.3. The monoisotopic (exact) mass is 562 g/mol. The van der Waals surface area contributed by atoms with E-state index in [9.17, 15) is 14.0 Å². The van der Waals surface area contributed by atoms with E-state index in [2.05, 4.69) is 43.6 Å². The number of carbonyl (C=O) groups is 2. The number of piperazine rings is 1. The minimum atomic E-state index is -0.831. The summed E-state index contributed by atoms with van der Waals surface area (Å²) in [5.74, 6) is 4.67. The molecule has 0 bridgehead atoms. The van der Waals surface area contributed by atoms with Gasteiger partial charge in [-0.05, 0) is 51.3 Å². The zero-order valence-electron chi connectivity index (χ0n) is 23.8. The predicted octanol–water partition coefficient (Wildman–Crippen LogP) is 4.21. The average molecular weight is 563 g/mol. The van der Waals surface area contributed by atoms with Crippen molar-refractivity contribution in [2.75, 3.05) is 32.9 Å². The van der Waals surface area contributed by atoms with Crippen LogP contribution in [0.15, 0.2) is 86.9 Å². The van der Waals surface area contributed by atoms with Crippen LogP contribution in [0.1, 0.15) is 39.5 Å². The van der Waals surface area contributed by atoms with Gasteiger partial charge in [0.1, 0.15) is 12.8 Å². The summed E-state index contributed by atoms with van der Waals surface area (Å²) in [6, 6.07) is 0. The zero-order chi connectivity index (χ0) is 29.9. The minimum Gasteiger partial charge on any atom is -0.481 e. The number of hydrogen-bond donors (Lipinski definition) is 2. The summed E-state index contributed by atoms with van der Waals surface area (Å²) in [4.78, 5) is 41.4. The van der Waals surface area contributed by atoms with Gasteiger partial charge in [0.05, 0.1) is 11.4 Å². The fourth-order valence-electron chi connectivity index (χ4n) is 3.96. The van der Waals surface area contributed by atoms with E-state index in [-0.39, 0.29) is 18.5 Å². The highest BCUT2D eigenvalue weighted by Crippen LogP contribution is 2.17. The fraction of sp³-hybridized carbons (Fsp3) is 0.387. The van der Waals surface area contributed by atoms with Gasteiger partial charge in [-0.15, -0.1) is 5.92 Å². The first kappa shape index (κ1) is 32.8. The van der Waals surface area contributed by atoms with Crippen molar-refractivity contribution in [1.29, 1.82) is 0 Å². The molecule has 0 saturated carbocycles. The molecule has 2 heterocycles. The van der Waals surface area contributed by atoms with E-state index >= 15 is 0 Å². The molecule has 1 unspecified atom stereocenters. The molecule has 9 nitrogen and oxygen atoms in total. The van der Waals surface area contributed by atoms with Crippen LogP contribution in [0.25, 0.3) is 0 Å². The summed E-state index contributed by atoms with van der Waals surface area (Å²) in [7, 11) is 0. The molecular formula is C31H39FN6O3. The van der Waals surface area contributed by atoms with E-state index in [1.54, 1.807) is 44.5 Å². The lowest BCUT2D eigenvalue weighted by atomic mass is 10.1. The van der Waals surface area contributed by atoms with E-state index in [0.29, 0.717) is 68.0 Å². The molecule has 1 amide bonds. The van der Waals surface area contributed by atoms with E-state index in [4.69, 9.17) is 5.11 Å². The summed E-state index contributed by atoms with van der Waals surface area (Å²) < 4.78 is 12.7. The Balaban J connectivity index is 2.26. The zero-order valence-corrected chi connectivity index (χ0v) is 23.8. The fourth-order valence-corrected chi connectivity index (χ4v) is 3.96. The minimum absolute atomic E-state index is 0.0169. The molecular weight excluding hydrogens is 523 g/mol. The molecule has 0 spiro atoms. The molecule has 41 heavy (non-hydrogen) atoms. The first-order chi connectivity index (χ1) is 19.9. The topological polar surface area (TPSA) is 110 Å². The summed E-state index contributed by atoms with van der Waals surface area (Å²) >= 11 is 0. The van der Waals surface area contributed by atoms with Gasteiger partial charge in [0.2, 0.25) is 5.91 Å². The Morgan fingerprint density at radius 2 is 2.00 bits per heavy atom. The van der Waals surface area contributed by atoms with Crippen LogP contribution in [-0.2, 0) is 9.59 Å². The van der Waals surface area contributed by atoms with Gasteiger partial charge in [-0.3, -0.25) is 29.5 Å². The molecule has 0 aliphatic carbocycles. The quantitative estimate of drug-likeness (QED) is 0.108. The number of hydrogen-bond acceptors (Lipinski definition) is 7. The smallest absolute Gasteiger partial charge is 0.303 e. The van der Waals surface area contributed by atoms with Crippen LogP contribution in [0, 0.1) is 11.8 Å². The average Bonchev–Trinajstić information content (AvgIpc) is 2.99. The van der Waals surface area contributed by atoms with Crippen molar-refractivity contribution < 1.29 is 19.1 Å². The van der Waals surface area contributed by atoms with Gasteiger partial charge in [0, 0.05) is 74.8 Å². The van der Waals surface area contributed by atoms with Crippen molar-refractivity contribution in [3.8, 4) is 11.8 Å². The molecule has 1 saturated heterocycles. The van der Waals surface area contributed by atoms with Crippen LogP contribution in [0.4, 0.5) is 4.39 Å². The molecule has 0 radical (unpaired) electrons. The molecule has 0 aromatic carbocycles. The number of carboxylic acids is 1. The van der Waals surface area contributed by atoms with E-state index in [0.717, 1.165) is 0 Å². The summed E-state index contributed by atoms with van der Waals surface area (Å²) in [5.41, 5.74) is 1.94. The maximum atomic E-state index is 13.3. The van der Waals surface area contributed by atoms with Gasteiger partial charge < -0.3 is 15.3 Å². The highest BCUT2D eigenvalue weighted by molar-refractivity contribution is 5.93. The van der Waals surface area contributed by atoms with Gasteiger partial charge in [-0.25, -0.2) is 4.39 Å². The number of carboxylic acid groups (broad SMARTS) is 1. The number of nitrogens with zero attached hydrogens (tertiary/aromatic N) is 5. The van der Waals surface area contributed by atoms with Gasteiger partial charge >= 0.3 is 5.97 Å². The third-order valence-electron chi connectivity index (χ3n) is 6.14. The summed E-state index contributed by atoms with van der Waals surface area (Å²) in [5, 5.41) is 12.1. The molecule has 218 valence electrons. The van der Waals surface area contributed by atoms with Crippen molar-refractivity contribution >= 4 is 30.5 Å². The van der Waals surface area contributed by atoms with E-state index < -0.39 is 12.6 Å². The Morgan fingerprint density at radius 3 is 2.63 bits per heavy atom. The van der Waals surface area contributed by atoms with Crippen molar-refractivity contribution in [2.24, 2.45) is 15.0 Å². The van der Waals surface area contributed by atoms with Crippen LogP contribution in [0.2, 0.25) is 0 Å². The first-order valence-electron chi connectivity index (χ1n) is 13.6. The number of alkyl halides is 1. The number of nitrogens with one attached hydrogen (secondary N) is 1. The second-order valence-electron chi connectivity index (χ2n) is 9.16. The molecule has 10 heteroatoms.